The predicted molar refractivity (Wildman–Crippen MR) is 48.2 cm³/mol. The SMILES string of the molecule is C=C(Cl)CNCC1(O)CCOC1. The van der Waals surface area contributed by atoms with Crippen molar-refractivity contribution in [2.24, 2.45) is 0 Å². The Hall–Kier alpha value is -0.0900. The second kappa shape index (κ2) is 4.23. The molecule has 0 aromatic carbocycles. The van der Waals surface area contributed by atoms with Crippen LogP contribution in [0.3, 0.4) is 0 Å². The molecule has 1 atom stereocenters. The van der Waals surface area contributed by atoms with Crippen LogP contribution >= 0.6 is 11.6 Å². The normalized spacial score (nSPS) is 29.2. The van der Waals surface area contributed by atoms with E-state index in [1.165, 1.54) is 0 Å². The zero-order valence-electron chi connectivity index (χ0n) is 6.98. The van der Waals surface area contributed by atoms with Crippen LogP contribution in [0, 0.1) is 0 Å². The fourth-order valence-corrected chi connectivity index (χ4v) is 1.26. The summed E-state index contributed by atoms with van der Waals surface area (Å²) in [6.07, 6.45) is 0.689. The highest BCUT2D eigenvalue weighted by molar-refractivity contribution is 6.29. The highest BCUT2D eigenvalue weighted by Gasteiger charge is 2.31. The van der Waals surface area contributed by atoms with Crippen LogP contribution in [0.1, 0.15) is 6.42 Å². The molecule has 0 aliphatic carbocycles. The van der Waals surface area contributed by atoms with Gasteiger partial charge in [-0.2, -0.15) is 0 Å². The molecule has 0 amide bonds. The molecule has 0 saturated carbocycles. The van der Waals surface area contributed by atoms with Crippen LogP contribution in [0.5, 0.6) is 0 Å². The maximum absolute atomic E-state index is 9.74. The molecule has 0 bridgehead atoms. The van der Waals surface area contributed by atoms with Crippen LogP contribution in [-0.4, -0.2) is 37.0 Å². The minimum atomic E-state index is -0.702. The molecule has 2 N–H and O–H groups in total. The van der Waals surface area contributed by atoms with Crippen LogP contribution in [0.4, 0.5) is 0 Å². The Kier molecular flexibility index (Phi) is 3.53. The molecule has 1 rings (SSSR count). The molecule has 1 saturated heterocycles. The summed E-state index contributed by atoms with van der Waals surface area (Å²) >= 11 is 5.54. The molecule has 0 spiro atoms. The number of nitrogens with one attached hydrogen (secondary N) is 1. The van der Waals surface area contributed by atoms with Crippen LogP contribution < -0.4 is 5.32 Å². The third-order valence-electron chi connectivity index (χ3n) is 1.85. The zero-order valence-corrected chi connectivity index (χ0v) is 7.73. The van der Waals surface area contributed by atoms with Gasteiger partial charge in [-0.25, -0.2) is 0 Å². The largest absolute Gasteiger partial charge is 0.386 e. The van der Waals surface area contributed by atoms with Gasteiger partial charge in [-0.05, 0) is 0 Å². The lowest BCUT2D eigenvalue weighted by molar-refractivity contribution is 0.0278. The van der Waals surface area contributed by atoms with Crippen molar-refractivity contribution >= 4 is 11.6 Å². The van der Waals surface area contributed by atoms with Crippen molar-refractivity contribution in [3.63, 3.8) is 0 Å². The molecular formula is C8H14ClNO2. The molecule has 1 aliphatic heterocycles. The maximum atomic E-state index is 9.74. The summed E-state index contributed by atoms with van der Waals surface area (Å²) in [5, 5.41) is 13.3. The lowest BCUT2D eigenvalue weighted by Crippen LogP contribution is -2.41. The van der Waals surface area contributed by atoms with Crippen molar-refractivity contribution in [2.75, 3.05) is 26.3 Å². The van der Waals surface area contributed by atoms with Crippen LogP contribution in [0.15, 0.2) is 11.6 Å². The summed E-state index contributed by atoms with van der Waals surface area (Å²) in [4.78, 5) is 0. The van der Waals surface area contributed by atoms with Crippen LogP contribution in [-0.2, 0) is 4.74 Å². The molecule has 0 radical (unpaired) electrons. The topological polar surface area (TPSA) is 41.5 Å². The van der Waals surface area contributed by atoms with Crippen molar-refractivity contribution < 1.29 is 9.84 Å². The van der Waals surface area contributed by atoms with E-state index in [4.69, 9.17) is 16.3 Å². The van der Waals surface area contributed by atoms with Crippen LogP contribution in [0.2, 0.25) is 0 Å². The number of ether oxygens (including phenoxy) is 1. The van der Waals surface area contributed by atoms with Crippen molar-refractivity contribution in [3.8, 4) is 0 Å². The Morgan fingerprint density at radius 3 is 3.00 bits per heavy atom. The first-order chi connectivity index (χ1) is 5.62. The molecular weight excluding hydrogens is 178 g/mol. The molecule has 70 valence electrons. The predicted octanol–water partition coefficient (Wildman–Crippen LogP) is 0.480. The monoisotopic (exact) mass is 191 g/mol. The second-order valence-electron chi connectivity index (χ2n) is 3.15. The van der Waals surface area contributed by atoms with E-state index in [9.17, 15) is 5.11 Å². The lowest BCUT2D eigenvalue weighted by atomic mass is 10.0. The smallest absolute Gasteiger partial charge is 0.103 e. The van der Waals surface area contributed by atoms with E-state index in [2.05, 4.69) is 11.9 Å². The Morgan fingerprint density at radius 1 is 1.75 bits per heavy atom. The maximum Gasteiger partial charge on any atom is 0.103 e. The van der Waals surface area contributed by atoms with Gasteiger partial charge in [0.05, 0.1) is 6.61 Å². The molecule has 3 nitrogen and oxygen atoms in total. The minimum Gasteiger partial charge on any atom is -0.386 e. The number of hydrogen-bond donors (Lipinski definition) is 2. The summed E-state index contributed by atoms with van der Waals surface area (Å²) in [6, 6.07) is 0. The number of rotatable bonds is 4. The van der Waals surface area contributed by atoms with Crippen molar-refractivity contribution in [1.29, 1.82) is 0 Å². The average molecular weight is 192 g/mol. The van der Waals surface area contributed by atoms with Gasteiger partial charge in [0, 0.05) is 31.1 Å². The third kappa shape index (κ3) is 3.11. The summed E-state index contributed by atoms with van der Waals surface area (Å²) in [5.74, 6) is 0. The Bertz CT molecular complexity index is 166. The van der Waals surface area contributed by atoms with Crippen molar-refractivity contribution in [3.05, 3.63) is 11.6 Å². The van der Waals surface area contributed by atoms with Gasteiger partial charge >= 0.3 is 0 Å². The molecule has 1 aliphatic rings. The van der Waals surface area contributed by atoms with Gasteiger partial charge in [-0.15, -0.1) is 0 Å². The molecule has 12 heavy (non-hydrogen) atoms. The molecule has 1 heterocycles. The molecule has 1 unspecified atom stereocenters. The first-order valence-corrected chi connectivity index (χ1v) is 4.34. The average Bonchev–Trinajstić information content (AvgIpc) is 2.35. The standard InChI is InChI=1S/C8H14ClNO2/c1-7(9)4-10-5-8(11)2-3-12-6-8/h10-11H,1-6H2. The van der Waals surface area contributed by atoms with Crippen molar-refractivity contribution in [1.82, 2.24) is 5.32 Å². The van der Waals surface area contributed by atoms with E-state index >= 15 is 0 Å². The highest BCUT2D eigenvalue weighted by atomic mass is 35.5. The summed E-state index contributed by atoms with van der Waals surface area (Å²) in [6.45, 7) is 5.63. The first kappa shape index (κ1) is 9.99. The quantitative estimate of drug-likeness (QED) is 0.680. The lowest BCUT2D eigenvalue weighted by Gasteiger charge is -2.20. The van der Waals surface area contributed by atoms with Gasteiger partial charge in [0.15, 0.2) is 0 Å². The van der Waals surface area contributed by atoms with Gasteiger partial charge in [-0.1, -0.05) is 18.2 Å². The third-order valence-corrected chi connectivity index (χ3v) is 1.99. The fraction of sp³-hybridized carbons (Fsp3) is 0.750. The van der Waals surface area contributed by atoms with Gasteiger partial charge in [-0.3, -0.25) is 0 Å². The Balaban J connectivity index is 2.17. The first-order valence-electron chi connectivity index (χ1n) is 3.96. The molecule has 4 heteroatoms. The fourth-order valence-electron chi connectivity index (χ4n) is 1.17. The van der Waals surface area contributed by atoms with E-state index in [1.807, 2.05) is 0 Å². The van der Waals surface area contributed by atoms with E-state index in [0.717, 1.165) is 0 Å². The van der Waals surface area contributed by atoms with E-state index in [0.29, 0.717) is 37.8 Å². The van der Waals surface area contributed by atoms with E-state index < -0.39 is 5.60 Å². The van der Waals surface area contributed by atoms with E-state index in [1.54, 1.807) is 0 Å². The molecule has 1 fully saturated rings. The minimum absolute atomic E-state index is 0.411. The Morgan fingerprint density at radius 2 is 2.50 bits per heavy atom. The number of hydrogen-bond acceptors (Lipinski definition) is 3. The van der Waals surface area contributed by atoms with Gasteiger partial charge in [0.1, 0.15) is 5.60 Å². The number of halogens is 1. The zero-order chi connectivity index (χ0) is 9.03. The molecule has 0 aromatic rings. The summed E-state index contributed by atoms with van der Waals surface area (Å²) < 4.78 is 5.07. The summed E-state index contributed by atoms with van der Waals surface area (Å²) in [5.41, 5.74) is -0.702. The van der Waals surface area contributed by atoms with Crippen LogP contribution in [0.25, 0.3) is 0 Å². The van der Waals surface area contributed by atoms with Gasteiger partial charge < -0.3 is 15.2 Å². The Labute approximate surface area is 77.4 Å². The van der Waals surface area contributed by atoms with Gasteiger partial charge in [0.2, 0.25) is 0 Å². The number of aliphatic hydroxyl groups is 1. The molecule has 0 aromatic heterocycles. The van der Waals surface area contributed by atoms with E-state index in [-0.39, 0.29) is 0 Å². The summed E-state index contributed by atoms with van der Waals surface area (Å²) in [7, 11) is 0. The highest BCUT2D eigenvalue weighted by Crippen LogP contribution is 2.16. The second-order valence-corrected chi connectivity index (χ2v) is 3.68. The van der Waals surface area contributed by atoms with Gasteiger partial charge in [0.25, 0.3) is 0 Å². The van der Waals surface area contributed by atoms with Crippen molar-refractivity contribution in [2.45, 2.75) is 12.0 Å².